The van der Waals surface area contributed by atoms with Gasteiger partial charge in [0.05, 0.1) is 10.6 Å². The minimum absolute atomic E-state index is 0.0645. The summed E-state index contributed by atoms with van der Waals surface area (Å²) in [6, 6.07) is 9.78. The van der Waals surface area contributed by atoms with Crippen LogP contribution in [0.25, 0.3) is 0 Å². The van der Waals surface area contributed by atoms with Gasteiger partial charge in [0.2, 0.25) is 5.91 Å². The Balaban J connectivity index is 2.02. The quantitative estimate of drug-likeness (QED) is 0.845. The van der Waals surface area contributed by atoms with Crippen LogP contribution in [-0.2, 0) is 11.3 Å². The van der Waals surface area contributed by atoms with E-state index in [-0.39, 0.29) is 17.7 Å². The van der Waals surface area contributed by atoms with Crippen molar-refractivity contribution in [2.45, 2.75) is 26.4 Å². The number of carbonyl (C=O) groups is 2. The molecule has 2 N–H and O–H groups in total. The van der Waals surface area contributed by atoms with Gasteiger partial charge in [0.1, 0.15) is 6.04 Å². The molecule has 0 fully saturated rings. The lowest BCUT2D eigenvalue weighted by Gasteiger charge is -2.22. The Hall–Kier alpha value is -2.40. The Morgan fingerprint density at radius 3 is 2.54 bits per heavy atom. The third-order valence-electron chi connectivity index (χ3n) is 3.54. The number of aromatic nitrogens is 1. The van der Waals surface area contributed by atoms with Crippen LogP contribution >= 0.6 is 11.6 Å². The minimum atomic E-state index is -0.648. The van der Waals surface area contributed by atoms with Crippen molar-refractivity contribution < 1.29 is 9.59 Å². The molecule has 0 unspecified atom stereocenters. The minimum Gasteiger partial charge on any atom is -0.350 e. The Kier molecular flexibility index (Phi) is 6.32. The predicted octanol–water partition coefficient (Wildman–Crippen LogP) is 2.81. The van der Waals surface area contributed by atoms with Crippen LogP contribution in [0.4, 0.5) is 0 Å². The smallest absolute Gasteiger partial charge is 0.253 e. The van der Waals surface area contributed by atoms with E-state index < -0.39 is 6.04 Å². The van der Waals surface area contributed by atoms with Crippen molar-refractivity contribution in [2.24, 2.45) is 5.92 Å². The highest BCUT2D eigenvalue weighted by molar-refractivity contribution is 6.33. The number of carbonyl (C=O) groups excluding carboxylic acids is 2. The van der Waals surface area contributed by atoms with Crippen LogP contribution in [0, 0.1) is 5.92 Å². The molecule has 24 heavy (non-hydrogen) atoms. The first kappa shape index (κ1) is 17.9. The van der Waals surface area contributed by atoms with Crippen molar-refractivity contribution in [1.29, 1.82) is 0 Å². The lowest BCUT2D eigenvalue weighted by Crippen LogP contribution is -2.49. The molecule has 0 aliphatic carbocycles. The van der Waals surface area contributed by atoms with Gasteiger partial charge >= 0.3 is 0 Å². The van der Waals surface area contributed by atoms with Crippen molar-refractivity contribution >= 4 is 23.4 Å². The molecule has 0 aliphatic rings. The second-order valence-electron chi connectivity index (χ2n) is 5.75. The number of hydrogen-bond donors (Lipinski definition) is 2. The van der Waals surface area contributed by atoms with Gasteiger partial charge in [-0.3, -0.25) is 14.6 Å². The van der Waals surface area contributed by atoms with Crippen LogP contribution in [0.2, 0.25) is 5.02 Å². The summed E-state index contributed by atoms with van der Waals surface area (Å²) < 4.78 is 0. The molecule has 1 heterocycles. The summed E-state index contributed by atoms with van der Waals surface area (Å²) in [6.45, 7) is 4.11. The van der Waals surface area contributed by atoms with E-state index in [9.17, 15) is 9.59 Å². The summed E-state index contributed by atoms with van der Waals surface area (Å²) in [6.07, 6.45) is 3.36. The topological polar surface area (TPSA) is 71.1 Å². The summed E-state index contributed by atoms with van der Waals surface area (Å²) in [4.78, 5) is 28.8. The van der Waals surface area contributed by atoms with Gasteiger partial charge in [-0.2, -0.15) is 0 Å². The number of rotatable bonds is 6. The number of amides is 2. The van der Waals surface area contributed by atoms with E-state index in [4.69, 9.17) is 11.6 Å². The van der Waals surface area contributed by atoms with Crippen LogP contribution in [0.1, 0.15) is 29.8 Å². The maximum atomic E-state index is 12.4. The van der Waals surface area contributed by atoms with Crippen LogP contribution in [-0.4, -0.2) is 22.8 Å². The molecule has 2 amide bonds. The molecule has 2 aromatic rings. The highest BCUT2D eigenvalue weighted by Crippen LogP contribution is 2.15. The molecule has 1 aromatic heterocycles. The fraction of sp³-hybridized carbons (Fsp3) is 0.278. The van der Waals surface area contributed by atoms with Gasteiger partial charge in [0, 0.05) is 18.9 Å². The van der Waals surface area contributed by atoms with Gasteiger partial charge in [-0.15, -0.1) is 0 Å². The van der Waals surface area contributed by atoms with Crippen molar-refractivity contribution in [2.75, 3.05) is 0 Å². The molecule has 5 nitrogen and oxygen atoms in total. The third-order valence-corrected chi connectivity index (χ3v) is 3.87. The molecular formula is C18H20ClN3O2. The molecule has 1 aromatic carbocycles. The summed E-state index contributed by atoms with van der Waals surface area (Å²) in [5.74, 6) is -0.671. The zero-order chi connectivity index (χ0) is 17.5. The number of nitrogens with zero attached hydrogens (tertiary/aromatic N) is 1. The molecule has 0 aliphatic heterocycles. The average Bonchev–Trinajstić information content (AvgIpc) is 2.58. The van der Waals surface area contributed by atoms with E-state index in [2.05, 4.69) is 15.6 Å². The van der Waals surface area contributed by atoms with Crippen molar-refractivity contribution in [1.82, 2.24) is 15.6 Å². The van der Waals surface area contributed by atoms with Crippen molar-refractivity contribution in [3.05, 3.63) is 64.9 Å². The number of halogens is 1. The molecule has 6 heteroatoms. The molecular weight excluding hydrogens is 326 g/mol. The van der Waals surface area contributed by atoms with Gasteiger partial charge in [-0.25, -0.2) is 0 Å². The van der Waals surface area contributed by atoms with Gasteiger partial charge in [-0.05, 0) is 29.7 Å². The van der Waals surface area contributed by atoms with Gasteiger partial charge in [-0.1, -0.05) is 43.6 Å². The summed E-state index contributed by atoms with van der Waals surface area (Å²) in [7, 11) is 0. The molecule has 0 spiro atoms. The first-order valence-electron chi connectivity index (χ1n) is 7.71. The normalized spacial score (nSPS) is 11.8. The molecule has 0 saturated heterocycles. The zero-order valence-corrected chi connectivity index (χ0v) is 14.4. The Labute approximate surface area is 146 Å². The van der Waals surface area contributed by atoms with E-state index in [1.807, 2.05) is 19.9 Å². The van der Waals surface area contributed by atoms with Crippen LogP contribution in [0.15, 0.2) is 48.8 Å². The van der Waals surface area contributed by atoms with Crippen LogP contribution in [0.3, 0.4) is 0 Å². The fourth-order valence-electron chi connectivity index (χ4n) is 2.20. The first-order valence-corrected chi connectivity index (χ1v) is 8.09. The highest BCUT2D eigenvalue weighted by atomic mass is 35.5. The van der Waals surface area contributed by atoms with Gasteiger partial charge in [0.15, 0.2) is 0 Å². The van der Waals surface area contributed by atoms with Gasteiger partial charge < -0.3 is 10.6 Å². The standard InChI is InChI=1S/C18H20ClN3O2/c1-12(2)16(18(24)21-11-13-6-5-9-20-10-13)22-17(23)14-7-3-4-8-15(14)19/h3-10,12,16H,11H2,1-2H3,(H,21,24)(H,22,23)/t16-/m1/s1. The molecule has 2 rings (SSSR count). The second-order valence-corrected chi connectivity index (χ2v) is 6.16. The molecule has 126 valence electrons. The van der Waals surface area contributed by atoms with Crippen LogP contribution in [0.5, 0.6) is 0 Å². The SMILES string of the molecule is CC(C)[C@@H](NC(=O)c1ccccc1Cl)C(=O)NCc1cccnc1. The summed E-state index contributed by atoms with van der Waals surface area (Å²) in [5, 5.41) is 5.94. The summed E-state index contributed by atoms with van der Waals surface area (Å²) in [5.41, 5.74) is 1.25. The van der Waals surface area contributed by atoms with Crippen LogP contribution < -0.4 is 10.6 Å². The van der Waals surface area contributed by atoms with E-state index in [1.54, 1.807) is 42.7 Å². The lowest BCUT2D eigenvalue weighted by atomic mass is 10.0. The fourth-order valence-corrected chi connectivity index (χ4v) is 2.42. The Morgan fingerprint density at radius 2 is 1.92 bits per heavy atom. The van der Waals surface area contributed by atoms with Crippen molar-refractivity contribution in [3.63, 3.8) is 0 Å². The number of benzene rings is 1. The van der Waals surface area contributed by atoms with E-state index >= 15 is 0 Å². The monoisotopic (exact) mass is 345 g/mol. The maximum Gasteiger partial charge on any atom is 0.253 e. The van der Waals surface area contributed by atoms with E-state index in [0.29, 0.717) is 17.1 Å². The third kappa shape index (κ3) is 4.80. The van der Waals surface area contributed by atoms with E-state index in [0.717, 1.165) is 5.56 Å². The predicted molar refractivity (Wildman–Crippen MR) is 93.6 cm³/mol. The number of hydrogen-bond acceptors (Lipinski definition) is 3. The molecule has 1 atom stereocenters. The molecule has 0 saturated carbocycles. The summed E-state index contributed by atoms with van der Waals surface area (Å²) >= 11 is 6.03. The highest BCUT2D eigenvalue weighted by Gasteiger charge is 2.25. The maximum absolute atomic E-state index is 12.4. The number of nitrogens with one attached hydrogen (secondary N) is 2. The first-order chi connectivity index (χ1) is 11.5. The van der Waals surface area contributed by atoms with Crippen molar-refractivity contribution in [3.8, 4) is 0 Å². The lowest BCUT2D eigenvalue weighted by molar-refractivity contribution is -0.124. The Bertz CT molecular complexity index is 704. The zero-order valence-electron chi connectivity index (χ0n) is 13.6. The largest absolute Gasteiger partial charge is 0.350 e. The van der Waals surface area contributed by atoms with Gasteiger partial charge in [0.25, 0.3) is 5.91 Å². The average molecular weight is 346 g/mol. The molecule has 0 bridgehead atoms. The second kappa shape index (κ2) is 8.45. The number of pyridine rings is 1. The molecule has 0 radical (unpaired) electrons. The van der Waals surface area contributed by atoms with E-state index in [1.165, 1.54) is 0 Å². The Morgan fingerprint density at radius 1 is 1.17 bits per heavy atom.